The third-order valence-electron chi connectivity index (χ3n) is 2.98. The van der Waals surface area contributed by atoms with E-state index < -0.39 is 0 Å². The van der Waals surface area contributed by atoms with Gasteiger partial charge in [0.2, 0.25) is 0 Å². The van der Waals surface area contributed by atoms with Gasteiger partial charge in [0, 0.05) is 19.2 Å². The van der Waals surface area contributed by atoms with Crippen LogP contribution in [0.2, 0.25) is 0 Å². The van der Waals surface area contributed by atoms with Crippen molar-refractivity contribution >= 4 is 0 Å². The van der Waals surface area contributed by atoms with Crippen LogP contribution in [0, 0.1) is 5.82 Å². The Balaban J connectivity index is 2.67. The minimum absolute atomic E-state index is 0.187. The van der Waals surface area contributed by atoms with E-state index in [1.165, 1.54) is 12.1 Å². The summed E-state index contributed by atoms with van der Waals surface area (Å²) in [7, 11) is 1.71. The van der Waals surface area contributed by atoms with Gasteiger partial charge < -0.3 is 10.1 Å². The number of halogens is 1. The number of rotatable bonds is 7. The fraction of sp³-hybridized carbons (Fsp3) is 0.571. The van der Waals surface area contributed by atoms with Crippen molar-refractivity contribution in [3.05, 3.63) is 35.6 Å². The first-order valence-electron chi connectivity index (χ1n) is 6.21. The first kappa shape index (κ1) is 14.1. The van der Waals surface area contributed by atoms with Gasteiger partial charge in [0.1, 0.15) is 5.82 Å². The molecule has 96 valence electrons. The highest BCUT2D eigenvalue weighted by atomic mass is 19.1. The van der Waals surface area contributed by atoms with Crippen molar-refractivity contribution in [3.8, 4) is 0 Å². The van der Waals surface area contributed by atoms with Crippen molar-refractivity contribution in [2.24, 2.45) is 0 Å². The first-order valence-corrected chi connectivity index (χ1v) is 6.21. The zero-order valence-corrected chi connectivity index (χ0v) is 10.9. The van der Waals surface area contributed by atoms with Gasteiger partial charge in [-0.25, -0.2) is 4.39 Å². The maximum absolute atomic E-state index is 12.9. The molecular weight excluding hydrogens is 217 g/mol. The normalized spacial score (nSPS) is 14.6. The summed E-state index contributed by atoms with van der Waals surface area (Å²) >= 11 is 0. The van der Waals surface area contributed by atoms with E-state index in [4.69, 9.17) is 4.74 Å². The molecule has 0 saturated heterocycles. The van der Waals surface area contributed by atoms with E-state index in [0.29, 0.717) is 12.6 Å². The largest absolute Gasteiger partial charge is 0.383 e. The van der Waals surface area contributed by atoms with Gasteiger partial charge in [-0.05, 0) is 30.5 Å². The third-order valence-corrected chi connectivity index (χ3v) is 2.98. The second kappa shape index (κ2) is 7.41. The molecular formula is C14H22FNO. The van der Waals surface area contributed by atoms with E-state index in [-0.39, 0.29) is 11.9 Å². The Bertz CT molecular complexity index is 313. The molecule has 3 heteroatoms. The number of hydrogen-bond donors (Lipinski definition) is 1. The molecule has 0 saturated carbocycles. The smallest absolute Gasteiger partial charge is 0.123 e. The standard InChI is InChI=1S/C14H22FNO/c1-4-13(10-17-3)16-14(5-2)11-6-8-12(15)9-7-11/h6-9,13-14,16H,4-5,10H2,1-3H3. The molecule has 1 aromatic rings. The highest BCUT2D eigenvalue weighted by Gasteiger charge is 2.14. The van der Waals surface area contributed by atoms with E-state index in [1.54, 1.807) is 7.11 Å². The van der Waals surface area contributed by atoms with Crippen LogP contribution < -0.4 is 5.32 Å². The molecule has 0 radical (unpaired) electrons. The van der Waals surface area contributed by atoms with Gasteiger partial charge in [-0.2, -0.15) is 0 Å². The summed E-state index contributed by atoms with van der Waals surface area (Å²) < 4.78 is 18.0. The highest BCUT2D eigenvalue weighted by Crippen LogP contribution is 2.18. The zero-order chi connectivity index (χ0) is 12.7. The molecule has 0 aliphatic heterocycles. The second-order valence-electron chi connectivity index (χ2n) is 4.24. The molecule has 2 unspecified atom stereocenters. The van der Waals surface area contributed by atoms with Crippen LogP contribution in [0.15, 0.2) is 24.3 Å². The van der Waals surface area contributed by atoms with Crippen molar-refractivity contribution < 1.29 is 9.13 Å². The predicted octanol–water partition coefficient (Wildman–Crippen LogP) is 3.29. The third kappa shape index (κ3) is 4.44. The molecule has 0 amide bonds. The number of methoxy groups -OCH3 is 1. The van der Waals surface area contributed by atoms with E-state index in [2.05, 4.69) is 19.2 Å². The lowest BCUT2D eigenvalue weighted by Gasteiger charge is -2.24. The van der Waals surface area contributed by atoms with Crippen molar-refractivity contribution in [1.82, 2.24) is 5.32 Å². The molecule has 1 aromatic carbocycles. The summed E-state index contributed by atoms with van der Waals surface area (Å²) in [5.41, 5.74) is 1.13. The van der Waals surface area contributed by atoms with E-state index in [1.807, 2.05) is 12.1 Å². The van der Waals surface area contributed by atoms with Crippen LogP contribution in [0.4, 0.5) is 4.39 Å². The number of hydrogen-bond acceptors (Lipinski definition) is 2. The summed E-state index contributed by atoms with van der Waals surface area (Å²) in [4.78, 5) is 0. The van der Waals surface area contributed by atoms with Crippen molar-refractivity contribution in [2.75, 3.05) is 13.7 Å². The molecule has 0 aliphatic carbocycles. The Labute approximate surface area is 103 Å². The molecule has 0 fully saturated rings. The molecule has 0 bridgehead atoms. The van der Waals surface area contributed by atoms with Gasteiger partial charge in [0.05, 0.1) is 6.61 Å². The quantitative estimate of drug-likeness (QED) is 0.788. The monoisotopic (exact) mass is 239 g/mol. The molecule has 0 heterocycles. The number of ether oxygens (including phenoxy) is 1. The Hall–Kier alpha value is -0.930. The zero-order valence-electron chi connectivity index (χ0n) is 10.9. The maximum Gasteiger partial charge on any atom is 0.123 e. The molecule has 17 heavy (non-hydrogen) atoms. The minimum atomic E-state index is -0.187. The minimum Gasteiger partial charge on any atom is -0.383 e. The predicted molar refractivity (Wildman–Crippen MR) is 68.5 cm³/mol. The molecule has 2 nitrogen and oxygen atoms in total. The summed E-state index contributed by atoms with van der Waals surface area (Å²) in [6.45, 7) is 4.96. The van der Waals surface area contributed by atoms with Crippen molar-refractivity contribution in [2.45, 2.75) is 38.8 Å². The topological polar surface area (TPSA) is 21.3 Å². The van der Waals surface area contributed by atoms with Crippen molar-refractivity contribution in [1.29, 1.82) is 0 Å². The van der Waals surface area contributed by atoms with Gasteiger partial charge in [0.25, 0.3) is 0 Å². The van der Waals surface area contributed by atoms with E-state index in [9.17, 15) is 4.39 Å². The second-order valence-corrected chi connectivity index (χ2v) is 4.24. The lowest BCUT2D eigenvalue weighted by Crippen LogP contribution is -2.35. The van der Waals surface area contributed by atoms with Gasteiger partial charge in [-0.3, -0.25) is 0 Å². The summed E-state index contributed by atoms with van der Waals surface area (Å²) in [5, 5.41) is 3.54. The van der Waals surface area contributed by atoms with Crippen LogP contribution in [-0.2, 0) is 4.74 Å². The van der Waals surface area contributed by atoms with Gasteiger partial charge in [-0.1, -0.05) is 26.0 Å². The van der Waals surface area contributed by atoms with E-state index in [0.717, 1.165) is 18.4 Å². The van der Waals surface area contributed by atoms with Crippen LogP contribution >= 0.6 is 0 Å². The average Bonchev–Trinajstić information content (AvgIpc) is 2.36. The van der Waals surface area contributed by atoms with Crippen LogP contribution in [0.5, 0.6) is 0 Å². The summed E-state index contributed by atoms with van der Waals surface area (Å²) in [5.74, 6) is -0.187. The molecule has 1 N–H and O–H groups in total. The number of benzene rings is 1. The Morgan fingerprint density at radius 1 is 1.18 bits per heavy atom. The Morgan fingerprint density at radius 2 is 1.82 bits per heavy atom. The molecule has 0 aliphatic rings. The molecule has 0 spiro atoms. The molecule has 2 atom stereocenters. The fourth-order valence-electron chi connectivity index (χ4n) is 1.91. The highest BCUT2D eigenvalue weighted by molar-refractivity contribution is 5.19. The maximum atomic E-state index is 12.9. The Kier molecular flexibility index (Phi) is 6.16. The van der Waals surface area contributed by atoms with Crippen molar-refractivity contribution in [3.63, 3.8) is 0 Å². The lowest BCUT2D eigenvalue weighted by atomic mass is 10.0. The van der Waals surface area contributed by atoms with Gasteiger partial charge in [0.15, 0.2) is 0 Å². The lowest BCUT2D eigenvalue weighted by molar-refractivity contribution is 0.158. The summed E-state index contributed by atoms with van der Waals surface area (Å²) in [6, 6.07) is 7.31. The van der Waals surface area contributed by atoms with Crippen LogP contribution in [-0.4, -0.2) is 19.8 Å². The fourth-order valence-corrected chi connectivity index (χ4v) is 1.91. The Morgan fingerprint density at radius 3 is 2.29 bits per heavy atom. The van der Waals surface area contributed by atoms with Crippen LogP contribution in [0.3, 0.4) is 0 Å². The van der Waals surface area contributed by atoms with Gasteiger partial charge >= 0.3 is 0 Å². The van der Waals surface area contributed by atoms with Crippen LogP contribution in [0.1, 0.15) is 38.3 Å². The summed E-state index contributed by atoms with van der Waals surface area (Å²) in [6.07, 6.45) is 2.00. The molecule has 1 rings (SSSR count). The number of nitrogens with one attached hydrogen (secondary N) is 1. The average molecular weight is 239 g/mol. The SMILES string of the molecule is CCC(COC)NC(CC)c1ccc(F)cc1. The first-order chi connectivity index (χ1) is 8.21. The van der Waals surface area contributed by atoms with Gasteiger partial charge in [-0.15, -0.1) is 0 Å². The van der Waals surface area contributed by atoms with Crippen LogP contribution in [0.25, 0.3) is 0 Å². The van der Waals surface area contributed by atoms with E-state index >= 15 is 0 Å². The molecule has 0 aromatic heterocycles.